The molecule has 1 aromatic heterocycles. The van der Waals surface area contributed by atoms with Crippen LogP contribution in [0.2, 0.25) is 0 Å². The van der Waals surface area contributed by atoms with Gasteiger partial charge < -0.3 is 15.3 Å². The number of anilines is 2. The van der Waals surface area contributed by atoms with E-state index in [2.05, 4.69) is 15.3 Å². The molecule has 0 radical (unpaired) electrons. The standard InChI is InChI=1S/C12H20N4O/c1-16(2)12-13-8-7-11(15-12)14-9-3-5-10(17)6-4-9/h7-10,17H,3-6H2,1-2H3,(H,13,14,15). The van der Waals surface area contributed by atoms with E-state index in [9.17, 15) is 5.11 Å². The van der Waals surface area contributed by atoms with Gasteiger partial charge in [-0.25, -0.2) is 4.98 Å². The summed E-state index contributed by atoms with van der Waals surface area (Å²) in [5.41, 5.74) is 0. The minimum absolute atomic E-state index is 0.115. The van der Waals surface area contributed by atoms with Crippen LogP contribution in [0, 0.1) is 0 Å². The molecule has 1 aromatic rings. The lowest BCUT2D eigenvalue weighted by atomic mass is 9.93. The molecule has 0 aliphatic heterocycles. The number of hydrogen-bond acceptors (Lipinski definition) is 5. The lowest BCUT2D eigenvalue weighted by Crippen LogP contribution is -2.28. The molecule has 0 atom stereocenters. The van der Waals surface area contributed by atoms with Crippen LogP contribution in [0.4, 0.5) is 11.8 Å². The van der Waals surface area contributed by atoms with Crippen LogP contribution in [0.5, 0.6) is 0 Å². The van der Waals surface area contributed by atoms with Crippen LogP contribution in [0.15, 0.2) is 12.3 Å². The van der Waals surface area contributed by atoms with Crippen molar-refractivity contribution in [1.82, 2.24) is 9.97 Å². The van der Waals surface area contributed by atoms with Gasteiger partial charge >= 0.3 is 0 Å². The number of aromatic nitrogens is 2. The number of hydrogen-bond donors (Lipinski definition) is 2. The molecule has 5 heteroatoms. The van der Waals surface area contributed by atoms with Crippen molar-refractivity contribution >= 4 is 11.8 Å². The molecule has 0 amide bonds. The van der Waals surface area contributed by atoms with Crippen LogP contribution < -0.4 is 10.2 Å². The van der Waals surface area contributed by atoms with Gasteiger partial charge in [-0.1, -0.05) is 0 Å². The highest BCUT2D eigenvalue weighted by Crippen LogP contribution is 2.21. The Morgan fingerprint density at radius 2 is 2.00 bits per heavy atom. The molecular formula is C12H20N4O. The van der Waals surface area contributed by atoms with Crippen LogP contribution in [0.1, 0.15) is 25.7 Å². The lowest BCUT2D eigenvalue weighted by Gasteiger charge is -2.26. The molecule has 94 valence electrons. The smallest absolute Gasteiger partial charge is 0.226 e. The first kappa shape index (κ1) is 12.1. The van der Waals surface area contributed by atoms with Crippen molar-refractivity contribution in [3.8, 4) is 0 Å². The van der Waals surface area contributed by atoms with Crippen LogP contribution >= 0.6 is 0 Å². The monoisotopic (exact) mass is 236 g/mol. The first-order valence-corrected chi connectivity index (χ1v) is 6.10. The van der Waals surface area contributed by atoms with E-state index in [1.807, 2.05) is 25.1 Å². The Morgan fingerprint density at radius 3 is 2.65 bits per heavy atom. The van der Waals surface area contributed by atoms with E-state index in [0.717, 1.165) is 31.5 Å². The first-order valence-electron chi connectivity index (χ1n) is 6.10. The van der Waals surface area contributed by atoms with Gasteiger partial charge in [-0.3, -0.25) is 0 Å². The normalized spacial score (nSPS) is 24.4. The number of aliphatic hydroxyl groups excluding tert-OH is 1. The zero-order chi connectivity index (χ0) is 12.3. The topological polar surface area (TPSA) is 61.3 Å². The van der Waals surface area contributed by atoms with Gasteiger partial charge in [-0.2, -0.15) is 4.98 Å². The summed E-state index contributed by atoms with van der Waals surface area (Å²) in [6.45, 7) is 0. The second-order valence-corrected chi connectivity index (χ2v) is 4.79. The van der Waals surface area contributed by atoms with Gasteiger partial charge in [0, 0.05) is 26.3 Å². The molecule has 0 bridgehead atoms. The number of nitrogens with zero attached hydrogens (tertiary/aromatic N) is 3. The Balaban J connectivity index is 1.96. The average molecular weight is 236 g/mol. The van der Waals surface area contributed by atoms with Crippen molar-refractivity contribution in [3.05, 3.63) is 12.3 Å². The Bertz CT molecular complexity index is 361. The highest BCUT2D eigenvalue weighted by Gasteiger charge is 2.19. The SMILES string of the molecule is CN(C)c1nccc(NC2CCC(O)CC2)n1. The quantitative estimate of drug-likeness (QED) is 0.827. The fourth-order valence-corrected chi connectivity index (χ4v) is 2.07. The Kier molecular flexibility index (Phi) is 3.78. The summed E-state index contributed by atoms with van der Waals surface area (Å²) < 4.78 is 0. The molecule has 0 aromatic carbocycles. The molecule has 0 saturated heterocycles. The number of nitrogens with one attached hydrogen (secondary N) is 1. The predicted octanol–water partition coefficient (Wildman–Crippen LogP) is 1.26. The predicted molar refractivity (Wildman–Crippen MR) is 68.2 cm³/mol. The summed E-state index contributed by atoms with van der Waals surface area (Å²) in [5.74, 6) is 1.58. The van der Waals surface area contributed by atoms with Gasteiger partial charge in [0.15, 0.2) is 0 Å². The minimum atomic E-state index is -0.115. The fourth-order valence-electron chi connectivity index (χ4n) is 2.07. The van der Waals surface area contributed by atoms with Crippen molar-refractivity contribution in [2.45, 2.75) is 37.8 Å². The maximum Gasteiger partial charge on any atom is 0.226 e. The molecule has 17 heavy (non-hydrogen) atoms. The third kappa shape index (κ3) is 3.30. The third-order valence-electron chi connectivity index (χ3n) is 3.09. The van der Waals surface area contributed by atoms with Crippen molar-refractivity contribution < 1.29 is 5.11 Å². The highest BCUT2D eigenvalue weighted by molar-refractivity contribution is 5.41. The number of rotatable bonds is 3. The molecule has 1 saturated carbocycles. The average Bonchev–Trinajstić information content (AvgIpc) is 2.32. The summed E-state index contributed by atoms with van der Waals surface area (Å²) in [7, 11) is 3.85. The van der Waals surface area contributed by atoms with Crippen molar-refractivity contribution in [2.75, 3.05) is 24.3 Å². The molecule has 0 unspecified atom stereocenters. The Morgan fingerprint density at radius 1 is 1.29 bits per heavy atom. The summed E-state index contributed by atoms with van der Waals surface area (Å²) in [6, 6.07) is 2.31. The van der Waals surface area contributed by atoms with E-state index < -0.39 is 0 Å². The minimum Gasteiger partial charge on any atom is -0.393 e. The fraction of sp³-hybridized carbons (Fsp3) is 0.667. The Hall–Kier alpha value is -1.36. The summed E-state index contributed by atoms with van der Waals surface area (Å²) in [4.78, 5) is 10.5. The zero-order valence-electron chi connectivity index (χ0n) is 10.4. The molecule has 1 aliphatic rings. The van der Waals surface area contributed by atoms with E-state index in [0.29, 0.717) is 12.0 Å². The molecule has 1 aliphatic carbocycles. The first-order chi connectivity index (χ1) is 8.15. The van der Waals surface area contributed by atoms with Gasteiger partial charge in [-0.05, 0) is 31.7 Å². The van der Waals surface area contributed by atoms with E-state index in [4.69, 9.17) is 0 Å². The van der Waals surface area contributed by atoms with Crippen molar-refractivity contribution in [1.29, 1.82) is 0 Å². The molecule has 5 nitrogen and oxygen atoms in total. The third-order valence-corrected chi connectivity index (χ3v) is 3.09. The van der Waals surface area contributed by atoms with Gasteiger partial charge in [0.2, 0.25) is 5.95 Å². The highest BCUT2D eigenvalue weighted by atomic mass is 16.3. The van der Waals surface area contributed by atoms with Gasteiger partial charge in [0.05, 0.1) is 6.10 Å². The van der Waals surface area contributed by atoms with Gasteiger partial charge in [-0.15, -0.1) is 0 Å². The molecule has 0 spiro atoms. The molecule has 2 N–H and O–H groups in total. The van der Waals surface area contributed by atoms with Crippen molar-refractivity contribution in [2.24, 2.45) is 0 Å². The van der Waals surface area contributed by atoms with Crippen LogP contribution in [-0.4, -0.2) is 41.3 Å². The van der Waals surface area contributed by atoms with E-state index in [1.54, 1.807) is 6.20 Å². The maximum absolute atomic E-state index is 9.45. The van der Waals surface area contributed by atoms with Crippen LogP contribution in [0.25, 0.3) is 0 Å². The molecule has 1 heterocycles. The number of aliphatic hydroxyl groups is 1. The van der Waals surface area contributed by atoms with Crippen LogP contribution in [0.3, 0.4) is 0 Å². The van der Waals surface area contributed by atoms with E-state index in [-0.39, 0.29) is 6.10 Å². The largest absolute Gasteiger partial charge is 0.393 e. The molecule has 2 rings (SSSR count). The van der Waals surface area contributed by atoms with Crippen molar-refractivity contribution in [3.63, 3.8) is 0 Å². The maximum atomic E-state index is 9.45. The summed E-state index contributed by atoms with van der Waals surface area (Å²) in [6.07, 6.45) is 5.41. The second-order valence-electron chi connectivity index (χ2n) is 4.79. The summed E-state index contributed by atoms with van der Waals surface area (Å²) >= 11 is 0. The second kappa shape index (κ2) is 5.31. The Labute approximate surface area is 102 Å². The van der Waals surface area contributed by atoms with Crippen LogP contribution in [-0.2, 0) is 0 Å². The van der Waals surface area contributed by atoms with Gasteiger partial charge in [0.25, 0.3) is 0 Å². The molecular weight excluding hydrogens is 216 g/mol. The lowest BCUT2D eigenvalue weighted by molar-refractivity contribution is 0.126. The van der Waals surface area contributed by atoms with E-state index >= 15 is 0 Å². The molecule has 1 fully saturated rings. The van der Waals surface area contributed by atoms with Gasteiger partial charge in [0.1, 0.15) is 5.82 Å². The zero-order valence-corrected chi connectivity index (χ0v) is 10.4. The summed E-state index contributed by atoms with van der Waals surface area (Å²) in [5, 5.41) is 12.9. The van der Waals surface area contributed by atoms with E-state index in [1.165, 1.54) is 0 Å².